The van der Waals surface area contributed by atoms with E-state index in [0.29, 0.717) is 0 Å². The summed E-state index contributed by atoms with van der Waals surface area (Å²) >= 11 is 0. The maximum absolute atomic E-state index is 13.6. The number of carboxylic acid groups (broad SMARTS) is 1. The minimum atomic E-state index is -1.27. The van der Waals surface area contributed by atoms with Crippen molar-refractivity contribution in [1.82, 2.24) is 4.98 Å². The van der Waals surface area contributed by atoms with Crippen LogP contribution in [0.25, 0.3) is 0 Å². The van der Waals surface area contributed by atoms with Crippen LogP contribution in [-0.2, 0) is 0 Å². The Balaban J connectivity index is 2.49. The van der Waals surface area contributed by atoms with Crippen molar-refractivity contribution >= 4 is 17.6 Å². The van der Waals surface area contributed by atoms with Crippen molar-refractivity contribution in [1.29, 1.82) is 0 Å². The number of nitrogens with zero attached hydrogens (tertiary/aromatic N) is 1. The number of carboxylic acids is 1. The number of hydrogen-bond acceptors (Lipinski definition) is 5. The highest BCUT2D eigenvalue weighted by atomic mass is 19.1. The zero-order valence-corrected chi connectivity index (χ0v) is 10.5. The number of ether oxygens (including phenoxy) is 1. The fourth-order valence-corrected chi connectivity index (χ4v) is 1.65. The van der Waals surface area contributed by atoms with E-state index in [4.69, 9.17) is 21.3 Å². The molecule has 0 aliphatic heterocycles. The summed E-state index contributed by atoms with van der Waals surface area (Å²) in [5.74, 6) is -3.63. The summed E-state index contributed by atoms with van der Waals surface area (Å²) in [4.78, 5) is 26.0. The summed E-state index contributed by atoms with van der Waals surface area (Å²) in [5, 5.41) is 8.95. The highest BCUT2D eigenvalue weighted by Crippen LogP contribution is 2.30. The van der Waals surface area contributed by atoms with Gasteiger partial charge in [0.15, 0.2) is 0 Å². The predicted molar refractivity (Wildman–Crippen MR) is 70.6 cm³/mol. The number of benzene rings is 1. The third kappa shape index (κ3) is 2.73. The van der Waals surface area contributed by atoms with Gasteiger partial charge in [0, 0.05) is 6.20 Å². The highest BCUT2D eigenvalue weighted by molar-refractivity contribution is 5.96. The third-order valence-corrected chi connectivity index (χ3v) is 2.61. The number of nitrogens with two attached hydrogens (primary N) is 2. The average Bonchev–Trinajstić information content (AvgIpc) is 2.40. The minimum Gasteiger partial charge on any atom is -0.478 e. The monoisotopic (exact) mass is 291 g/mol. The average molecular weight is 291 g/mol. The highest BCUT2D eigenvalue weighted by Gasteiger charge is 2.19. The number of carbonyl (C=O) groups excluding carboxylic acids is 1. The largest absolute Gasteiger partial charge is 0.478 e. The number of anilines is 1. The number of pyridine rings is 1. The van der Waals surface area contributed by atoms with Gasteiger partial charge in [0.05, 0.1) is 5.56 Å². The maximum atomic E-state index is 13.6. The van der Waals surface area contributed by atoms with E-state index in [1.807, 2.05) is 0 Å². The molecule has 1 aromatic carbocycles. The summed E-state index contributed by atoms with van der Waals surface area (Å²) in [6.45, 7) is 0. The van der Waals surface area contributed by atoms with Gasteiger partial charge in [-0.05, 0) is 18.2 Å². The molecule has 21 heavy (non-hydrogen) atoms. The lowest BCUT2D eigenvalue weighted by Gasteiger charge is -2.11. The summed E-state index contributed by atoms with van der Waals surface area (Å²) in [5.41, 5.74) is 9.76. The number of amides is 1. The number of primary amides is 1. The molecule has 2 aromatic rings. The Morgan fingerprint density at radius 2 is 2.00 bits per heavy atom. The molecule has 1 heterocycles. The molecular formula is C13H10FN3O4. The second kappa shape index (κ2) is 5.45. The number of hydrogen-bond donors (Lipinski definition) is 3. The van der Waals surface area contributed by atoms with Crippen molar-refractivity contribution in [2.45, 2.75) is 0 Å². The van der Waals surface area contributed by atoms with Crippen molar-refractivity contribution in [3.05, 3.63) is 47.4 Å². The van der Waals surface area contributed by atoms with Crippen molar-refractivity contribution in [2.75, 3.05) is 5.73 Å². The second-order valence-electron chi connectivity index (χ2n) is 3.96. The lowest BCUT2D eigenvalue weighted by molar-refractivity contribution is 0.0697. The van der Waals surface area contributed by atoms with Gasteiger partial charge in [0.1, 0.15) is 22.8 Å². The van der Waals surface area contributed by atoms with Crippen LogP contribution in [0.4, 0.5) is 10.1 Å². The van der Waals surface area contributed by atoms with Crippen molar-refractivity contribution < 1.29 is 23.8 Å². The van der Waals surface area contributed by atoms with Crippen LogP contribution in [0, 0.1) is 5.82 Å². The van der Waals surface area contributed by atoms with Crippen molar-refractivity contribution in [3.8, 4) is 11.6 Å². The first-order valence-electron chi connectivity index (χ1n) is 5.65. The fourth-order valence-electron chi connectivity index (χ4n) is 1.65. The quantitative estimate of drug-likeness (QED) is 0.780. The van der Waals surface area contributed by atoms with Crippen LogP contribution < -0.4 is 16.2 Å². The van der Waals surface area contributed by atoms with E-state index in [9.17, 15) is 14.0 Å². The standard InChI is InChI=1S/C13H10FN3O4/c14-7-2-1-3-8(9(7)11(16)18)21-12-10(15)6(13(19)20)4-5-17-12/h1-5H,15H2,(H2,16,18)(H,19,20). The summed E-state index contributed by atoms with van der Waals surface area (Å²) < 4.78 is 18.8. The van der Waals surface area contributed by atoms with Gasteiger partial charge in [-0.1, -0.05) is 6.07 Å². The Morgan fingerprint density at radius 1 is 1.29 bits per heavy atom. The minimum absolute atomic E-state index is 0.204. The van der Waals surface area contributed by atoms with Crippen LogP contribution >= 0.6 is 0 Å². The first-order chi connectivity index (χ1) is 9.91. The first-order valence-corrected chi connectivity index (χ1v) is 5.65. The smallest absolute Gasteiger partial charge is 0.338 e. The van der Waals surface area contributed by atoms with E-state index in [0.717, 1.165) is 6.07 Å². The predicted octanol–water partition coefficient (Wildman–Crippen LogP) is 1.39. The topological polar surface area (TPSA) is 129 Å². The molecule has 0 bridgehead atoms. The summed E-state index contributed by atoms with van der Waals surface area (Å²) in [6, 6.07) is 4.81. The van der Waals surface area contributed by atoms with Crippen LogP contribution in [0.3, 0.4) is 0 Å². The SMILES string of the molecule is NC(=O)c1c(F)cccc1Oc1nccc(C(=O)O)c1N. The molecule has 108 valence electrons. The molecule has 0 spiro atoms. The Labute approximate surface area is 118 Å². The molecule has 0 saturated carbocycles. The Bertz CT molecular complexity index is 733. The van der Waals surface area contributed by atoms with Crippen molar-refractivity contribution in [2.24, 2.45) is 5.73 Å². The van der Waals surface area contributed by atoms with Crippen molar-refractivity contribution in [3.63, 3.8) is 0 Å². The number of carbonyl (C=O) groups is 2. The Kier molecular flexibility index (Phi) is 3.70. The lowest BCUT2D eigenvalue weighted by atomic mass is 10.1. The molecule has 0 radical (unpaired) electrons. The number of halogens is 1. The van der Waals surface area contributed by atoms with Crippen LogP contribution in [0.1, 0.15) is 20.7 Å². The van der Waals surface area contributed by atoms with E-state index in [1.165, 1.54) is 24.4 Å². The number of aromatic carboxylic acids is 1. The molecule has 0 fully saturated rings. The van der Waals surface area contributed by atoms with Gasteiger partial charge >= 0.3 is 5.97 Å². The Morgan fingerprint density at radius 3 is 2.62 bits per heavy atom. The van der Waals surface area contributed by atoms with Crippen LogP contribution in [0.15, 0.2) is 30.5 Å². The molecule has 0 aliphatic rings. The van der Waals surface area contributed by atoms with Gasteiger partial charge in [-0.15, -0.1) is 0 Å². The van der Waals surface area contributed by atoms with E-state index >= 15 is 0 Å². The molecular weight excluding hydrogens is 281 g/mol. The molecule has 1 aromatic heterocycles. The molecule has 0 saturated heterocycles. The summed E-state index contributed by atoms with van der Waals surface area (Å²) in [7, 11) is 0. The van der Waals surface area contributed by atoms with Crippen LogP contribution in [0.2, 0.25) is 0 Å². The number of aromatic nitrogens is 1. The zero-order chi connectivity index (χ0) is 15.6. The molecule has 8 heteroatoms. The van der Waals surface area contributed by atoms with Gasteiger partial charge in [0.2, 0.25) is 5.88 Å². The summed E-state index contributed by atoms with van der Waals surface area (Å²) in [6.07, 6.45) is 1.17. The zero-order valence-electron chi connectivity index (χ0n) is 10.5. The van der Waals surface area contributed by atoms with E-state index in [-0.39, 0.29) is 22.9 Å². The molecule has 5 N–H and O–H groups in total. The van der Waals surface area contributed by atoms with E-state index in [2.05, 4.69) is 4.98 Å². The molecule has 2 rings (SSSR count). The fraction of sp³-hybridized carbons (Fsp3) is 0. The molecule has 0 aliphatic carbocycles. The number of rotatable bonds is 4. The third-order valence-electron chi connectivity index (χ3n) is 2.61. The van der Waals surface area contributed by atoms with Gasteiger partial charge in [-0.25, -0.2) is 14.2 Å². The van der Waals surface area contributed by atoms with Gasteiger partial charge in [0.25, 0.3) is 5.91 Å². The van der Waals surface area contributed by atoms with Gasteiger partial charge < -0.3 is 21.3 Å². The lowest BCUT2D eigenvalue weighted by Crippen LogP contribution is -2.15. The van der Waals surface area contributed by atoms with Crippen LogP contribution in [-0.4, -0.2) is 22.0 Å². The maximum Gasteiger partial charge on any atom is 0.338 e. The van der Waals surface area contributed by atoms with Crippen LogP contribution in [0.5, 0.6) is 11.6 Å². The van der Waals surface area contributed by atoms with Gasteiger partial charge in [-0.2, -0.15) is 0 Å². The van der Waals surface area contributed by atoms with E-state index in [1.54, 1.807) is 0 Å². The second-order valence-corrected chi connectivity index (χ2v) is 3.96. The van der Waals surface area contributed by atoms with E-state index < -0.39 is 23.3 Å². The molecule has 0 atom stereocenters. The van der Waals surface area contributed by atoms with Gasteiger partial charge in [-0.3, -0.25) is 4.79 Å². The number of nitrogen functional groups attached to an aromatic ring is 1. The first kappa shape index (κ1) is 14.3. The normalized spacial score (nSPS) is 10.1. The molecule has 1 amide bonds. The molecule has 0 unspecified atom stereocenters. The molecule has 7 nitrogen and oxygen atoms in total. The Hall–Kier alpha value is -3.16.